The van der Waals surface area contributed by atoms with Gasteiger partial charge in [-0.25, -0.2) is 4.79 Å². The third kappa shape index (κ3) is 8.11. The van der Waals surface area contributed by atoms with Crippen molar-refractivity contribution in [2.24, 2.45) is 5.92 Å². The van der Waals surface area contributed by atoms with Crippen LogP contribution in [-0.2, 0) is 14.3 Å². The highest BCUT2D eigenvalue weighted by molar-refractivity contribution is 6.00. The topological polar surface area (TPSA) is 87.7 Å². The number of hydrogen-bond acceptors (Lipinski definition) is 4. The minimum Gasteiger partial charge on any atom is -0.444 e. The van der Waals surface area contributed by atoms with E-state index in [0.29, 0.717) is 17.7 Å². The Hall–Kier alpha value is -3.79. The molecule has 0 spiro atoms. The summed E-state index contributed by atoms with van der Waals surface area (Å²) in [5, 5.41) is 5.62. The van der Waals surface area contributed by atoms with E-state index in [4.69, 9.17) is 11.2 Å². The highest BCUT2D eigenvalue weighted by Gasteiger charge is 2.37. The predicted octanol–water partition coefficient (Wildman–Crippen LogP) is 5.65. The van der Waals surface area contributed by atoms with Crippen molar-refractivity contribution in [3.63, 3.8) is 0 Å². The molecule has 0 fully saturated rings. The summed E-state index contributed by atoms with van der Waals surface area (Å²) in [5.74, 6) is -0.948. The van der Waals surface area contributed by atoms with Crippen LogP contribution >= 0.6 is 0 Å². The van der Waals surface area contributed by atoms with Crippen LogP contribution in [0.25, 0.3) is 0 Å². The molecule has 2 atom stereocenters. The van der Waals surface area contributed by atoms with Crippen LogP contribution in [0.15, 0.2) is 42.5 Å². The molecule has 0 aromatic heterocycles. The van der Waals surface area contributed by atoms with Crippen LogP contribution in [0.3, 0.4) is 0 Å². The van der Waals surface area contributed by atoms with Gasteiger partial charge in [-0.2, -0.15) is 0 Å². The van der Waals surface area contributed by atoms with Crippen LogP contribution in [0.4, 0.5) is 10.5 Å². The summed E-state index contributed by atoms with van der Waals surface area (Å²) in [7, 11) is 0. The number of para-hydroxylation sites is 1. The number of ether oxygens (including phenoxy) is 1. The number of nitrogens with zero attached hydrogens (tertiary/aromatic N) is 1. The van der Waals surface area contributed by atoms with E-state index in [2.05, 4.69) is 16.7 Å². The number of hydrogen-bond donors (Lipinski definition) is 2. The van der Waals surface area contributed by atoms with Crippen LogP contribution in [0.5, 0.6) is 0 Å². The van der Waals surface area contributed by atoms with E-state index in [0.717, 1.165) is 21.6 Å². The first-order valence-corrected chi connectivity index (χ1v) is 12.5. The maximum absolute atomic E-state index is 13.9. The number of nitrogens with one attached hydrogen (secondary N) is 2. The van der Waals surface area contributed by atoms with Gasteiger partial charge >= 0.3 is 6.09 Å². The number of amides is 3. The Morgan fingerprint density at radius 2 is 1.54 bits per heavy atom. The van der Waals surface area contributed by atoms with Crippen LogP contribution in [0, 0.1) is 39.2 Å². The summed E-state index contributed by atoms with van der Waals surface area (Å²) in [6.45, 7) is 14.7. The van der Waals surface area contributed by atoms with Gasteiger partial charge in [-0.3, -0.25) is 14.5 Å². The van der Waals surface area contributed by atoms with Gasteiger partial charge in [0.2, 0.25) is 0 Å². The SMILES string of the molecule is C#CN(C(=O)C(CC(C)C)NC(=O)OC(C)(C)C)C(C(=O)Nc1ccccc1C)c1c(C)cccc1C. The van der Waals surface area contributed by atoms with E-state index >= 15 is 0 Å². The van der Waals surface area contributed by atoms with Gasteiger partial charge in [-0.15, -0.1) is 0 Å². The molecule has 3 amide bonds. The van der Waals surface area contributed by atoms with Crippen molar-refractivity contribution in [3.05, 3.63) is 64.7 Å². The molecule has 0 aliphatic heterocycles. The summed E-state index contributed by atoms with van der Waals surface area (Å²) in [4.78, 5) is 41.4. The Morgan fingerprint density at radius 1 is 0.973 bits per heavy atom. The number of terminal acetylenes is 1. The molecule has 0 aliphatic rings. The standard InChI is InChI=1S/C30H39N3O4/c1-10-33(28(35)24(18-19(2)3)32-29(36)37-30(7,8)9)26(25-21(5)15-13-16-22(25)6)27(34)31-23-17-12-11-14-20(23)4/h1,11-17,19,24,26H,18H2,2-9H3,(H,31,34)(H,32,36). The Kier molecular flexibility index (Phi) is 9.90. The first-order valence-electron chi connectivity index (χ1n) is 12.5. The Balaban J connectivity index is 2.55. The number of benzene rings is 2. The fraction of sp³-hybridized carbons (Fsp3) is 0.433. The second kappa shape index (κ2) is 12.4. The molecular formula is C30H39N3O4. The molecule has 0 aliphatic carbocycles. The summed E-state index contributed by atoms with van der Waals surface area (Å²) in [5.41, 5.74) is 3.03. The van der Waals surface area contributed by atoms with Gasteiger partial charge in [-0.1, -0.05) is 56.7 Å². The van der Waals surface area contributed by atoms with Crippen molar-refractivity contribution in [3.8, 4) is 12.5 Å². The molecule has 7 heteroatoms. The van der Waals surface area contributed by atoms with Crippen molar-refractivity contribution in [2.75, 3.05) is 5.32 Å². The number of aryl methyl sites for hydroxylation is 3. The molecule has 2 rings (SSSR count). The highest BCUT2D eigenvalue weighted by atomic mass is 16.6. The second-order valence-corrected chi connectivity index (χ2v) is 10.7. The lowest BCUT2D eigenvalue weighted by Gasteiger charge is -2.32. The molecule has 7 nitrogen and oxygen atoms in total. The van der Waals surface area contributed by atoms with Gasteiger partial charge in [0.1, 0.15) is 17.7 Å². The van der Waals surface area contributed by atoms with E-state index in [9.17, 15) is 14.4 Å². The van der Waals surface area contributed by atoms with E-state index < -0.39 is 35.6 Å². The minimum absolute atomic E-state index is 0.0583. The van der Waals surface area contributed by atoms with Crippen molar-refractivity contribution < 1.29 is 19.1 Å². The monoisotopic (exact) mass is 505 g/mol. The molecule has 0 radical (unpaired) electrons. The van der Waals surface area contributed by atoms with Gasteiger partial charge in [-0.05, 0) is 82.2 Å². The van der Waals surface area contributed by atoms with Gasteiger partial charge in [0, 0.05) is 11.7 Å². The van der Waals surface area contributed by atoms with Crippen molar-refractivity contribution in [2.45, 2.75) is 79.5 Å². The number of rotatable bonds is 8. The first kappa shape index (κ1) is 29.4. The van der Waals surface area contributed by atoms with E-state index in [1.54, 1.807) is 26.8 Å². The van der Waals surface area contributed by atoms with E-state index in [-0.39, 0.29) is 5.92 Å². The molecule has 2 aromatic carbocycles. The lowest BCUT2D eigenvalue weighted by atomic mass is 9.93. The smallest absolute Gasteiger partial charge is 0.408 e. The largest absolute Gasteiger partial charge is 0.444 e. The van der Waals surface area contributed by atoms with Crippen molar-refractivity contribution >= 4 is 23.6 Å². The van der Waals surface area contributed by atoms with Crippen LogP contribution in [0.2, 0.25) is 0 Å². The van der Waals surface area contributed by atoms with Crippen LogP contribution in [0.1, 0.15) is 69.3 Å². The molecular weight excluding hydrogens is 466 g/mol. The highest BCUT2D eigenvalue weighted by Crippen LogP contribution is 2.30. The summed E-state index contributed by atoms with van der Waals surface area (Å²) in [6, 6.07) is 13.4. The average molecular weight is 506 g/mol. The third-order valence-electron chi connectivity index (χ3n) is 5.80. The summed E-state index contributed by atoms with van der Waals surface area (Å²) < 4.78 is 5.38. The maximum Gasteiger partial charge on any atom is 0.408 e. The minimum atomic E-state index is -1.12. The van der Waals surface area contributed by atoms with Gasteiger partial charge in [0.25, 0.3) is 11.8 Å². The van der Waals surface area contributed by atoms with E-state index in [1.165, 1.54) is 0 Å². The number of anilines is 1. The number of alkyl carbamates (subject to hydrolysis) is 1. The molecule has 2 N–H and O–H groups in total. The molecule has 198 valence electrons. The van der Waals surface area contributed by atoms with Crippen LogP contribution < -0.4 is 10.6 Å². The van der Waals surface area contributed by atoms with Gasteiger partial charge in [0.15, 0.2) is 0 Å². The number of carbonyl (C=O) groups is 3. The molecule has 0 saturated carbocycles. The zero-order valence-electron chi connectivity index (χ0n) is 23.1. The summed E-state index contributed by atoms with van der Waals surface area (Å²) in [6.07, 6.45) is 5.49. The lowest BCUT2D eigenvalue weighted by molar-refractivity contribution is -0.137. The van der Waals surface area contributed by atoms with Crippen molar-refractivity contribution in [1.82, 2.24) is 10.2 Å². The Labute approximate surface area is 221 Å². The fourth-order valence-corrected chi connectivity index (χ4v) is 4.13. The van der Waals surface area contributed by atoms with Gasteiger partial charge in [0.05, 0.1) is 0 Å². The normalized spacial score (nSPS) is 12.8. The lowest BCUT2D eigenvalue weighted by Crippen LogP contribution is -2.51. The Morgan fingerprint density at radius 3 is 2.05 bits per heavy atom. The molecule has 2 unspecified atom stereocenters. The second-order valence-electron chi connectivity index (χ2n) is 10.7. The van der Waals surface area contributed by atoms with Gasteiger partial charge < -0.3 is 15.4 Å². The quantitative estimate of drug-likeness (QED) is 0.358. The van der Waals surface area contributed by atoms with Crippen LogP contribution in [-0.4, -0.2) is 34.5 Å². The zero-order chi connectivity index (χ0) is 27.9. The van der Waals surface area contributed by atoms with Crippen molar-refractivity contribution in [1.29, 1.82) is 0 Å². The predicted molar refractivity (Wildman–Crippen MR) is 147 cm³/mol. The molecule has 2 aromatic rings. The first-order chi connectivity index (χ1) is 17.2. The molecule has 37 heavy (non-hydrogen) atoms. The summed E-state index contributed by atoms with van der Waals surface area (Å²) >= 11 is 0. The molecule has 0 heterocycles. The Bertz CT molecular complexity index is 1150. The average Bonchev–Trinajstić information content (AvgIpc) is 2.77. The molecule has 0 bridgehead atoms. The maximum atomic E-state index is 13.9. The van der Waals surface area contributed by atoms with E-state index in [1.807, 2.05) is 71.0 Å². The molecule has 0 saturated heterocycles. The zero-order valence-corrected chi connectivity index (χ0v) is 23.1. The fourth-order valence-electron chi connectivity index (χ4n) is 4.13. The third-order valence-corrected chi connectivity index (χ3v) is 5.80. The number of carbonyl (C=O) groups excluding carboxylic acids is 3.